The molecule has 0 aliphatic carbocycles. The molecule has 0 spiro atoms. The molecule has 1 heteroatoms. The van der Waals surface area contributed by atoms with Crippen LogP contribution in [0, 0.1) is 0 Å². The van der Waals surface area contributed by atoms with Gasteiger partial charge in [-0.2, -0.15) is 0 Å². The SMILES string of the molecule is C=[As](C)(CC)CC. The molecule has 0 aromatic rings. The molecule has 0 amide bonds. The molecule has 0 unspecified atom stereocenters. The molecule has 0 saturated heterocycles. The van der Waals surface area contributed by atoms with Gasteiger partial charge < -0.3 is 0 Å². The average molecular weight is 162 g/mol. The first kappa shape index (κ1) is 7.43. The number of hydrogen-bond acceptors (Lipinski definition) is 0. The Kier molecular flexibility index (Phi) is 2.83. The summed E-state index contributed by atoms with van der Waals surface area (Å²) in [6, 6.07) is 0. The Labute approximate surface area is 48.9 Å². The second-order valence-corrected chi connectivity index (χ2v) is 11.7. The van der Waals surface area contributed by atoms with Gasteiger partial charge in [0.2, 0.25) is 0 Å². The zero-order valence-electron chi connectivity index (χ0n) is 5.57. The van der Waals surface area contributed by atoms with Crippen molar-refractivity contribution in [3.8, 4) is 0 Å². The van der Waals surface area contributed by atoms with E-state index in [1.54, 1.807) is 0 Å². The third kappa shape index (κ3) is 3.05. The molecule has 44 valence electrons. The van der Waals surface area contributed by atoms with Gasteiger partial charge in [-0.1, -0.05) is 0 Å². The fourth-order valence-electron chi connectivity index (χ4n) is 0.224. The van der Waals surface area contributed by atoms with Crippen LogP contribution < -0.4 is 0 Å². The van der Waals surface area contributed by atoms with Gasteiger partial charge in [0.15, 0.2) is 0 Å². The Morgan fingerprint density at radius 3 is 1.57 bits per heavy atom. The van der Waals surface area contributed by atoms with E-state index in [0.717, 1.165) is 0 Å². The van der Waals surface area contributed by atoms with E-state index >= 15 is 0 Å². The molecule has 0 atom stereocenters. The summed E-state index contributed by atoms with van der Waals surface area (Å²) >= 11 is -1.19. The molecule has 0 aliphatic rings. The summed E-state index contributed by atoms with van der Waals surface area (Å²) in [5.74, 6) is 0. The van der Waals surface area contributed by atoms with Crippen LogP contribution in [0.2, 0.25) is 16.1 Å². The van der Waals surface area contributed by atoms with E-state index in [1.165, 1.54) is 10.4 Å². The van der Waals surface area contributed by atoms with Crippen LogP contribution in [0.3, 0.4) is 0 Å². The maximum absolute atomic E-state index is 4.18. The molecule has 0 fully saturated rings. The van der Waals surface area contributed by atoms with Crippen molar-refractivity contribution >= 4 is 18.4 Å². The quantitative estimate of drug-likeness (QED) is 0.545. The van der Waals surface area contributed by atoms with Gasteiger partial charge in [-0.3, -0.25) is 0 Å². The maximum atomic E-state index is 4.18. The van der Waals surface area contributed by atoms with E-state index < -0.39 is 13.1 Å². The molecule has 7 heavy (non-hydrogen) atoms. The summed E-state index contributed by atoms with van der Waals surface area (Å²) < 4.78 is 0. The van der Waals surface area contributed by atoms with E-state index in [0.29, 0.717) is 0 Å². The fourth-order valence-corrected chi connectivity index (χ4v) is 1.16. The molecule has 0 aliphatic heterocycles. The van der Waals surface area contributed by atoms with Crippen LogP contribution in [-0.2, 0) is 0 Å². The van der Waals surface area contributed by atoms with Crippen LogP contribution in [0.1, 0.15) is 13.8 Å². The van der Waals surface area contributed by atoms with Crippen molar-refractivity contribution in [1.82, 2.24) is 0 Å². The van der Waals surface area contributed by atoms with Gasteiger partial charge in [0.25, 0.3) is 0 Å². The van der Waals surface area contributed by atoms with Crippen LogP contribution in [0.15, 0.2) is 0 Å². The normalized spacial score (nSPS) is 11.9. The van der Waals surface area contributed by atoms with Crippen molar-refractivity contribution < 1.29 is 0 Å². The minimum atomic E-state index is -1.19. The first-order chi connectivity index (χ1) is 3.12. The van der Waals surface area contributed by atoms with Gasteiger partial charge >= 0.3 is 48.4 Å². The van der Waals surface area contributed by atoms with Gasteiger partial charge in [0.1, 0.15) is 0 Å². The zero-order valence-corrected chi connectivity index (χ0v) is 7.45. The van der Waals surface area contributed by atoms with Crippen LogP contribution >= 0.6 is 0 Å². The summed E-state index contributed by atoms with van der Waals surface area (Å²) in [4.78, 5) is 0. The average Bonchev–Trinajstić information content (AvgIpc) is 1.68. The molecule has 0 aromatic heterocycles. The van der Waals surface area contributed by atoms with Crippen LogP contribution in [0.5, 0.6) is 0 Å². The van der Waals surface area contributed by atoms with Crippen molar-refractivity contribution in [3.05, 3.63) is 0 Å². The monoisotopic (exact) mass is 162 g/mol. The van der Waals surface area contributed by atoms with E-state index in [4.69, 9.17) is 0 Å². The molecule has 0 heterocycles. The van der Waals surface area contributed by atoms with Crippen molar-refractivity contribution in [1.29, 1.82) is 0 Å². The zero-order chi connectivity index (χ0) is 5.91. The molecule has 0 nitrogen and oxygen atoms in total. The van der Waals surface area contributed by atoms with Crippen molar-refractivity contribution in [3.63, 3.8) is 0 Å². The van der Waals surface area contributed by atoms with Crippen molar-refractivity contribution in [2.75, 3.05) is 0 Å². The predicted molar refractivity (Wildman–Crippen MR) is 39.7 cm³/mol. The van der Waals surface area contributed by atoms with Gasteiger partial charge in [0, 0.05) is 0 Å². The Morgan fingerprint density at radius 1 is 1.29 bits per heavy atom. The standard InChI is InChI=1S/C6H15As/c1-5-7(3,4)6-2/h3,5-6H2,1-2,4H3. The van der Waals surface area contributed by atoms with Crippen molar-refractivity contribution in [2.24, 2.45) is 0 Å². The second kappa shape index (κ2) is 2.67. The first-order valence-electron chi connectivity index (χ1n) is 2.81. The van der Waals surface area contributed by atoms with Gasteiger partial charge in [-0.05, 0) is 0 Å². The van der Waals surface area contributed by atoms with E-state index in [9.17, 15) is 0 Å². The predicted octanol–water partition coefficient (Wildman–Crippen LogP) is 2.12. The summed E-state index contributed by atoms with van der Waals surface area (Å²) in [5, 5.41) is 6.89. The van der Waals surface area contributed by atoms with Crippen LogP contribution in [0.4, 0.5) is 0 Å². The summed E-state index contributed by atoms with van der Waals surface area (Å²) in [7, 11) is 0. The van der Waals surface area contributed by atoms with Gasteiger partial charge in [-0.25, -0.2) is 0 Å². The Balaban J connectivity index is 3.61. The molecule has 0 rings (SSSR count). The summed E-state index contributed by atoms with van der Waals surface area (Å²) in [6.07, 6.45) is 0. The molecule has 0 aromatic carbocycles. The molecule has 0 radical (unpaired) electrons. The molecular formula is C6H15As. The Bertz CT molecular complexity index is 76.2. The summed E-state index contributed by atoms with van der Waals surface area (Å²) in [5.41, 5.74) is 2.36. The molecular weight excluding hydrogens is 147 g/mol. The summed E-state index contributed by atoms with van der Waals surface area (Å²) in [6.45, 7) is 4.51. The van der Waals surface area contributed by atoms with Gasteiger partial charge in [0.05, 0.1) is 0 Å². The van der Waals surface area contributed by atoms with Crippen LogP contribution in [0.25, 0.3) is 0 Å². The molecule has 0 saturated carbocycles. The topological polar surface area (TPSA) is 0 Å². The minimum absolute atomic E-state index is 1.19. The molecule has 0 N–H and O–H groups in total. The number of rotatable bonds is 2. The Morgan fingerprint density at radius 2 is 1.57 bits per heavy atom. The van der Waals surface area contributed by atoms with E-state index in [1.807, 2.05) is 0 Å². The molecule has 0 bridgehead atoms. The van der Waals surface area contributed by atoms with Crippen LogP contribution in [-0.4, -0.2) is 18.4 Å². The Hall–Kier alpha value is 0.428. The van der Waals surface area contributed by atoms with Crippen molar-refractivity contribution in [2.45, 2.75) is 30.0 Å². The third-order valence-corrected chi connectivity index (χ3v) is 7.93. The number of hydrogen-bond donors (Lipinski definition) is 0. The van der Waals surface area contributed by atoms with E-state index in [2.05, 4.69) is 24.9 Å². The fraction of sp³-hybridized carbons (Fsp3) is 0.833. The van der Waals surface area contributed by atoms with Gasteiger partial charge in [-0.15, -0.1) is 0 Å². The first-order valence-corrected chi connectivity index (χ1v) is 8.67. The van der Waals surface area contributed by atoms with E-state index in [-0.39, 0.29) is 0 Å². The third-order valence-electron chi connectivity index (χ3n) is 1.53. The second-order valence-electron chi connectivity index (χ2n) is 2.25.